The quantitative estimate of drug-likeness (QED) is 0.403. The summed E-state index contributed by atoms with van der Waals surface area (Å²) < 4.78 is 10.8. The van der Waals surface area contributed by atoms with Gasteiger partial charge in [0.15, 0.2) is 11.5 Å². The Morgan fingerprint density at radius 3 is 2.42 bits per heavy atom. The standard InChI is InChI=1S/C23H17N3O7/c27-22-17-13-8-14(18(17)23(28)25(22)12-5-6-15-16(7-12)32-9-31-15)21-19(13)20(24-33-21)10-1-3-11(4-2-10)26(29)30/h1-7,13-14,17-19,21H,8-9H2/t13-,14-,17+,18-,19-,21-/m1/s1. The Labute approximate surface area is 186 Å². The molecule has 2 aromatic rings. The van der Waals surface area contributed by atoms with E-state index in [2.05, 4.69) is 5.16 Å². The van der Waals surface area contributed by atoms with Crippen LogP contribution in [0.25, 0.3) is 0 Å². The molecule has 33 heavy (non-hydrogen) atoms. The summed E-state index contributed by atoms with van der Waals surface area (Å²) in [5.41, 5.74) is 1.92. The first-order valence-electron chi connectivity index (χ1n) is 10.8. The third kappa shape index (κ3) is 2.35. The summed E-state index contributed by atoms with van der Waals surface area (Å²) in [5, 5.41) is 15.3. The Morgan fingerprint density at radius 1 is 0.939 bits per heavy atom. The second-order valence-corrected chi connectivity index (χ2v) is 9.04. The van der Waals surface area contributed by atoms with Crippen molar-refractivity contribution in [3.8, 4) is 11.5 Å². The van der Waals surface area contributed by atoms with Gasteiger partial charge in [-0.25, -0.2) is 4.90 Å². The molecule has 3 heterocycles. The molecule has 1 saturated heterocycles. The predicted molar refractivity (Wildman–Crippen MR) is 112 cm³/mol. The van der Waals surface area contributed by atoms with Crippen molar-refractivity contribution >= 4 is 28.9 Å². The van der Waals surface area contributed by atoms with E-state index in [0.717, 1.165) is 12.0 Å². The lowest BCUT2D eigenvalue weighted by atomic mass is 9.71. The molecule has 2 amide bonds. The van der Waals surface area contributed by atoms with E-state index in [4.69, 9.17) is 14.3 Å². The summed E-state index contributed by atoms with van der Waals surface area (Å²) >= 11 is 0. The van der Waals surface area contributed by atoms with Gasteiger partial charge in [-0.2, -0.15) is 0 Å². The van der Waals surface area contributed by atoms with Crippen LogP contribution in [0.2, 0.25) is 0 Å². The minimum atomic E-state index is -0.449. The van der Waals surface area contributed by atoms with E-state index in [-0.39, 0.29) is 48.2 Å². The number of anilines is 1. The summed E-state index contributed by atoms with van der Waals surface area (Å²) in [7, 11) is 0. The van der Waals surface area contributed by atoms with E-state index >= 15 is 0 Å². The fourth-order valence-corrected chi connectivity index (χ4v) is 6.40. The van der Waals surface area contributed by atoms with Crippen LogP contribution < -0.4 is 14.4 Å². The SMILES string of the molecule is O=C1[C@@H]2[C@H]3C[C@@H]([C@@H]4C(c5ccc([N+](=O)[O-])cc5)=NO[C@H]34)[C@@H]2C(=O)N1c1ccc2c(c1)OCO2. The van der Waals surface area contributed by atoms with Gasteiger partial charge in [0.25, 0.3) is 5.69 Å². The first-order valence-corrected chi connectivity index (χ1v) is 10.8. The smallest absolute Gasteiger partial charge is 0.269 e. The van der Waals surface area contributed by atoms with Gasteiger partial charge in [-0.3, -0.25) is 19.7 Å². The highest BCUT2D eigenvalue weighted by molar-refractivity contribution is 6.23. The number of nitro benzene ring substituents is 1. The van der Waals surface area contributed by atoms with E-state index in [0.29, 0.717) is 22.9 Å². The van der Waals surface area contributed by atoms with E-state index in [1.54, 1.807) is 30.3 Å². The lowest BCUT2D eigenvalue weighted by molar-refractivity contribution is -0.384. The van der Waals surface area contributed by atoms with Crippen LogP contribution in [-0.2, 0) is 14.4 Å². The number of rotatable bonds is 3. The van der Waals surface area contributed by atoms with Crippen LogP contribution in [0.4, 0.5) is 11.4 Å². The fraction of sp³-hybridized carbons (Fsp3) is 0.348. The van der Waals surface area contributed by atoms with E-state index in [9.17, 15) is 19.7 Å². The van der Waals surface area contributed by atoms with Gasteiger partial charge in [0.05, 0.1) is 28.2 Å². The Bertz CT molecular complexity index is 1270. The zero-order chi connectivity index (χ0) is 22.4. The molecule has 2 aromatic carbocycles. The van der Waals surface area contributed by atoms with Gasteiger partial charge in [0.2, 0.25) is 18.6 Å². The maximum absolute atomic E-state index is 13.5. The molecule has 2 saturated carbocycles. The van der Waals surface area contributed by atoms with Crippen LogP contribution in [0.1, 0.15) is 12.0 Å². The number of hydrogen-bond donors (Lipinski definition) is 0. The van der Waals surface area contributed by atoms with Crippen molar-refractivity contribution in [1.82, 2.24) is 0 Å². The normalized spacial score (nSPS) is 32.6. The van der Waals surface area contributed by atoms with Crippen LogP contribution in [-0.4, -0.2) is 35.3 Å². The predicted octanol–water partition coefficient (Wildman–Crippen LogP) is 2.50. The molecule has 6 atom stereocenters. The average Bonchev–Trinajstić information content (AvgIpc) is 3.61. The monoisotopic (exact) mass is 447 g/mol. The molecule has 7 rings (SSSR count). The number of imide groups is 1. The first kappa shape index (κ1) is 18.6. The molecule has 10 nitrogen and oxygen atoms in total. The van der Waals surface area contributed by atoms with Crippen molar-refractivity contribution in [2.45, 2.75) is 12.5 Å². The Kier molecular flexibility index (Phi) is 3.56. The van der Waals surface area contributed by atoms with Gasteiger partial charge in [-0.1, -0.05) is 5.16 Å². The Hall–Kier alpha value is -3.95. The number of carbonyl (C=O) groups is 2. The average molecular weight is 447 g/mol. The van der Waals surface area contributed by atoms with Gasteiger partial charge in [0.1, 0.15) is 6.10 Å². The van der Waals surface area contributed by atoms with Gasteiger partial charge >= 0.3 is 0 Å². The highest BCUT2D eigenvalue weighted by Gasteiger charge is 2.70. The molecular weight excluding hydrogens is 430 g/mol. The topological polar surface area (TPSA) is 121 Å². The molecule has 166 valence electrons. The largest absolute Gasteiger partial charge is 0.454 e. The van der Waals surface area contributed by atoms with Crippen molar-refractivity contribution in [2.75, 3.05) is 11.7 Å². The van der Waals surface area contributed by atoms with E-state index in [1.165, 1.54) is 17.0 Å². The fourth-order valence-electron chi connectivity index (χ4n) is 6.40. The number of hydrogen-bond acceptors (Lipinski definition) is 8. The van der Waals surface area contributed by atoms with Crippen molar-refractivity contribution in [2.24, 2.45) is 34.7 Å². The van der Waals surface area contributed by atoms with E-state index < -0.39 is 16.8 Å². The number of fused-ring (bicyclic) bond motifs is 9. The minimum Gasteiger partial charge on any atom is -0.454 e. The second-order valence-electron chi connectivity index (χ2n) is 9.04. The van der Waals surface area contributed by atoms with Crippen molar-refractivity contribution in [3.05, 3.63) is 58.1 Å². The molecule has 2 bridgehead atoms. The number of nitro groups is 1. The van der Waals surface area contributed by atoms with Crippen LogP contribution in [0, 0.1) is 39.7 Å². The maximum atomic E-state index is 13.5. The Balaban J connectivity index is 1.21. The van der Waals surface area contributed by atoms with Gasteiger partial charge in [-0.15, -0.1) is 0 Å². The number of non-ortho nitro benzene ring substituents is 1. The number of amides is 2. The highest BCUT2D eigenvalue weighted by Crippen LogP contribution is 2.62. The zero-order valence-corrected chi connectivity index (χ0v) is 17.1. The van der Waals surface area contributed by atoms with Crippen LogP contribution in [0.3, 0.4) is 0 Å². The summed E-state index contributed by atoms with van der Waals surface area (Å²) in [6, 6.07) is 11.3. The minimum absolute atomic E-state index is 0.00115. The molecule has 2 aliphatic carbocycles. The lowest BCUT2D eigenvalue weighted by Gasteiger charge is -2.29. The lowest BCUT2D eigenvalue weighted by Crippen LogP contribution is -2.41. The molecule has 3 fully saturated rings. The van der Waals surface area contributed by atoms with Crippen LogP contribution in [0.15, 0.2) is 47.6 Å². The maximum Gasteiger partial charge on any atom is 0.269 e. The molecule has 10 heteroatoms. The summed E-state index contributed by atoms with van der Waals surface area (Å²) in [6.07, 6.45) is 0.457. The van der Waals surface area contributed by atoms with Crippen LogP contribution >= 0.6 is 0 Å². The van der Waals surface area contributed by atoms with Gasteiger partial charge < -0.3 is 14.3 Å². The molecule has 0 radical (unpaired) electrons. The Morgan fingerprint density at radius 2 is 1.67 bits per heavy atom. The van der Waals surface area contributed by atoms with Crippen molar-refractivity contribution < 1.29 is 28.8 Å². The number of nitrogens with zero attached hydrogens (tertiary/aromatic N) is 3. The number of ether oxygens (including phenoxy) is 2. The molecule has 0 aromatic heterocycles. The summed E-state index contributed by atoms with van der Waals surface area (Å²) in [4.78, 5) is 44.5. The first-order chi connectivity index (χ1) is 16.0. The number of carbonyl (C=O) groups excluding carboxylic acids is 2. The van der Waals surface area contributed by atoms with Crippen molar-refractivity contribution in [3.63, 3.8) is 0 Å². The van der Waals surface area contributed by atoms with E-state index in [1.807, 2.05) is 0 Å². The van der Waals surface area contributed by atoms with Gasteiger partial charge in [0, 0.05) is 35.6 Å². The number of benzene rings is 2. The molecule has 5 aliphatic rings. The highest BCUT2D eigenvalue weighted by atomic mass is 16.7. The molecule has 0 N–H and O–H groups in total. The second kappa shape index (κ2) is 6.31. The summed E-state index contributed by atoms with van der Waals surface area (Å²) in [5.74, 6) is -0.458. The van der Waals surface area contributed by atoms with Crippen molar-refractivity contribution in [1.29, 1.82) is 0 Å². The molecule has 3 aliphatic heterocycles. The molecular formula is C23H17N3O7. The third-order valence-corrected chi connectivity index (χ3v) is 7.68. The molecule has 0 unspecified atom stereocenters. The zero-order valence-electron chi connectivity index (χ0n) is 17.1. The van der Waals surface area contributed by atoms with Crippen LogP contribution in [0.5, 0.6) is 11.5 Å². The number of oxime groups is 1. The summed E-state index contributed by atoms with van der Waals surface area (Å²) in [6.45, 7) is 0.113. The van der Waals surface area contributed by atoms with Gasteiger partial charge in [-0.05, 0) is 36.6 Å². The molecule has 0 spiro atoms. The third-order valence-electron chi connectivity index (χ3n) is 7.68.